The molecule has 2 saturated heterocycles. The zero-order valence-corrected chi connectivity index (χ0v) is 13.8. The van der Waals surface area contributed by atoms with E-state index in [4.69, 9.17) is 5.73 Å². The van der Waals surface area contributed by atoms with E-state index >= 15 is 0 Å². The summed E-state index contributed by atoms with van der Waals surface area (Å²) in [6.45, 7) is 2.32. The van der Waals surface area contributed by atoms with Gasteiger partial charge in [-0.25, -0.2) is 4.39 Å². The number of hydrogen-bond acceptors (Lipinski definition) is 3. The Bertz CT molecular complexity index is 597. The van der Waals surface area contributed by atoms with E-state index in [9.17, 15) is 14.0 Å². The molecule has 6 heteroatoms. The Balaban J connectivity index is 1.52. The largest absolute Gasteiger partial charge is 0.368 e. The fourth-order valence-electron chi connectivity index (χ4n) is 3.87. The topological polar surface area (TPSA) is 66.6 Å². The van der Waals surface area contributed by atoms with Crippen LogP contribution in [0.2, 0.25) is 0 Å². The van der Waals surface area contributed by atoms with E-state index in [1.807, 2.05) is 4.90 Å². The van der Waals surface area contributed by atoms with Crippen molar-refractivity contribution in [1.82, 2.24) is 9.80 Å². The first-order valence-electron chi connectivity index (χ1n) is 8.62. The molecule has 0 aromatic heterocycles. The molecule has 1 atom stereocenters. The van der Waals surface area contributed by atoms with Gasteiger partial charge in [0, 0.05) is 19.1 Å². The van der Waals surface area contributed by atoms with Crippen LogP contribution in [-0.4, -0.2) is 53.3 Å². The highest BCUT2D eigenvalue weighted by Crippen LogP contribution is 2.26. The molecule has 0 spiro atoms. The molecule has 130 valence electrons. The lowest BCUT2D eigenvalue weighted by atomic mass is 10.0. The average molecular weight is 333 g/mol. The van der Waals surface area contributed by atoms with Crippen LogP contribution in [0.15, 0.2) is 24.3 Å². The number of benzene rings is 1. The minimum atomic E-state index is -0.290. The molecule has 2 N–H and O–H groups in total. The summed E-state index contributed by atoms with van der Waals surface area (Å²) in [4.78, 5) is 28.0. The summed E-state index contributed by atoms with van der Waals surface area (Å²) >= 11 is 0. The van der Waals surface area contributed by atoms with E-state index < -0.39 is 0 Å². The third-order valence-electron chi connectivity index (χ3n) is 5.18. The molecule has 5 nitrogen and oxygen atoms in total. The summed E-state index contributed by atoms with van der Waals surface area (Å²) in [7, 11) is 0. The van der Waals surface area contributed by atoms with Crippen molar-refractivity contribution in [3.8, 4) is 0 Å². The molecule has 2 fully saturated rings. The van der Waals surface area contributed by atoms with Crippen molar-refractivity contribution in [2.45, 2.75) is 44.2 Å². The molecule has 2 heterocycles. The van der Waals surface area contributed by atoms with E-state index in [1.54, 1.807) is 12.1 Å². The number of primary amides is 1. The monoisotopic (exact) mass is 333 g/mol. The summed E-state index contributed by atoms with van der Waals surface area (Å²) in [6, 6.07) is 6.26. The molecule has 0 radical (unpaired) electrons. The van der Waals surface area contributed by atoms with Gasteiger partial charge in [-0.1, -0.05) is 12.1 Å². The van der Waals surface area contributed by atoms with Gasteiger partial charge in [-0.3, -0.25) is 14.5 Å². The molecule has 3 rings (SSSR count). The Labute approximate surface area is 141 Å². The van der Waals surface area contributed by atoms with Crippen molar-refractivity contribution in [2.75, 3.05) is 19.6 Å². The minimum Gasteiger partial charge on any atom is -0.368 e. The first kappa shape index (κ1) is 16.9. The van der Waals surface area contributed by atoms with Crippen LogP contribution in [0, 0.1) is 5.82 Å². The van der Waals surface area contributed by atoms with Crippen molar-refractivity contribution >= 4 is 11.8 Å². The Morgan fingerprint density at radius 2 is 1.75 bits per heavy atom. The second-order valence-electron chi connectivity index (χ2n) is 6.71. The lowest BCUT2D eigenvalue weighted by Gasteiger charge is -2.38. The number of likely N-dealkylation sites (tertiary alicyclic amines) is 2. The number of halogens is 1. The van der Waals surface area contributed by atoms with Gasteiger partial charge in [0.05, 0.1) is 12.5 Å². The first-order valence-corrected chi connectivity index (χ1v) is 8.62. The normalized spacial score (nSPS) is 22.7. The number of nitrogens with two attached hydrogens (primary N) is 1. The van der Waals surface area contributed by atoms with Crippen LogP contribution in [0.25, 0.3) is 0 Å². The fourth-order valence-corrected chi connectivity index (χ4v) is 3.87. The van der Waals surface area contributed by atoms with Crippen LogP contribution in [0.4, 0.5) is 4.39 Å². The standard InChI is InChI=1S/C18H24FN3O2/c19-14-5-3-13(4-6-14)12-17(23)21-10-7-15(8-11-21)22-9-1-2-16(22)18(20)24/h3-6,15-16H,1-2,7-12H2,(H2,20,24)/t16-/m1/s1. The number of rotatable bonds is 4. The van der Waals surface area contributed by atoms with Gasteiger partial charge in [0.1, 0.15) is 5.82 Å². The lowest BCUT2D eigenvalue weighted by molar-refractivity contribution is -0.133. The number of nitrogens with zero attached hydrogens (tertiary/aromatic N) is 2. The Morgan fingerprint density at radius 3 is 2.38 bits per heavy atom. The number of piperidine rings is 1. The smallest absolute Gasteiger partial charge is 0.234 e. The highest BCUT2D eigenvalue weighted by molar-refractivity contribution is 5.80. The Hall–Kier alpha value is -1.95. The van der Waals surface area contributed by atoms with Crippen LogP contribution >= 0.6 is 0 Å². The van der Waals surface area contributed by atoms with Crippen molar-refractivity contribution in [1.29, 1.82) is 0 Å². The highest BCUT2D eigenvalue weighted by atomic mass is 19.1. The Kier molecular flexibility index (Phi) is 5.14. The van der Waals surface area contributed by atoms with Crippen molar-refractivity contribution < 1.29 is 14.0 Å². The zero-order chi connectivity index (χ0) is 17.1. The third kappa shape index (κ3) is 3.75. The van der Waals surface area contributed by atoms with Crippen LogP contribution in [0.1, 0.15) is 31.2 Å². The number of carbonyl (C=O) groups is 2. The molecule has 0 saturated carbocycles. The van der Waals surface area contributed by atoms with Gasteiger partial charge in [-0.15, -0.1) is 0 Å². The second-order valence-corrected chi connectivity index (χ2v) is 6.71. The maximum Gasteiger partial charge on any atom is 0.234 e. The number of hydrogen-bond donors (Lipinski definition) is 1. The zero-order valence-electron chi connectivity index (χ0n) is 13.8. The lowest BCUT2D eigenvalue weighted by Crippen LogP contribution is -2.51. The molecule has 2 aliphatic heterocycles. The SMILES string of the molecule is NC(=O)[C@H]1CCCN1C1CCN(C(=O)Cc2ccc(F)cc2)CC1. The molecule has 2 amide bonds. The molecule has 0 aliphatic carbocycles. The van der Waals surface area contributed by atoms with E-state index in [1.165, 1.54) is 12.1 Å². The quantitative estimate of drug-likeness (QED) is 0.903. The maximum absolute atomic E-state index is 12.9. The predicted molar refractivity (Wildman–Crippen MR) is 88.6 cm³/mol. The summed E-state index contributed by atoms with van der Waals surface area (Å²) < 4.78 is 12.9. The van der Waals surface area contributed by atoms with E-state index in [2.05, 4.69) is 4.90 Å². The molecule has 0 bridgehead atoms. The van der Waals surface area contributed by atoms with Crippen LogP contribution in [0.3, 0.4) is 0 Å². The van der Waals surface area contributed by atoms with Crippen LogP contribution in [-0.2, 0) is 16.0 Å². The van der Waals surface area contributed by atoms with Gasteiger partial charge < -0.3 is 10.6 Å². The van der Waals surface area contributed by atoms with Gasteiger partial charge in [-0.2, -0.15) is 0 Å². The first-order chi connectivity index (χ1) is 11.5. The van der Waals surface area contributed by atoms with Crippen LogP contribution < -0.4 is 5.73 Å². The number of carbonyl (C=O) groups excluding carboxylic acids is 2. The summed E-state index contributed by atoms with van der Waals surface area (Å²) in [5, 5.41) is 0. The molecule has 2 aliphatic rings. The van der Waals surface area contributed by atoms with E-state index in [0.29, 0.717) is 25.6 Å². The third-order valence-corrected chi connectivity index (χ3v) is 5.18. The molecule has 1 aromatic carbocycles. The minimum absolute atomic E-state index is 0.0768. The fraction of sp³-hybridized carbons (Fsp3) is 0.556. The number of amides is 2. The molecule has 1 aromatic rings. The summed E-state index contributed by atoms with van der Waals surface area (Å²) in [6.07, 6.45) is 3.91. The van der Waals surface area contributed by atoms with E-state index in [-0.39, 0.29) is 23.7 Å². The van der Waals surface area contributed by atoms with Crippen molar-refractivity contribution in [2.24, 2.45) is 5.73 Å². The van der Waals surface area contributed by atoms with Crippen molar-refractivity contribution in [3.63, 3.8) is 0 Å². The van der Waals surface area contributed by atoms with E-state index in [0.717, 1.165) is 37.8 Å². The van der Waals surface area contributed by atoms with Gasteiger partial charge in [0.25, 0.3) is 0 Å². The van der Waals surface area contributed by atoms with Crippen LogP contribution in [0.5, 0.6) is 0 Å². The highest BCUT2D eigenvalue weighted by Gasteiger charge is 2.36. The molecule has 0 unspecified atom stereocenters. The van der Waals surface area contributed by atoms with Crippen molar-refractivity contribution in [3.05, 3.63) is 35.6 Å². The van der Waals surface area contributed by atoms with Gasteiger partial charge >= 0.3 is 0 Å². The average Bonchev–Trinajstić information content (AvgIpc) is 3.07. The summed E-state index contributed by atoms with van der Waals surface area (Å²) in [5.41, 5.74) is 6.33. The van der Waals surface area contributed by atoms with Gasteiger partial charge in [0.15, 0.2) is 0 Å². The maximum atomic E-state index is 12.9. The second kappa shape index (κ2) is 7.30. The summed E-state index contributed by atoms with van der Waals surface area (Å²) in [5.74, 6) is -0.447. The Morgan fingerprint density at radius 1 is 1.08 bits per heavy atom. The van der Waals surface area contributed by atoms with Gasteiger partial charge in [-0.05, 0) is 49.9 Å². The molecular formula is C18H24FN3O2. The predicted octanol–water partition coefficient (Wildman–Crippen LogP) is 1.31. The molecule has 24 heavy (non-hydrogen) atoms. The van der Waals surface area contributed by atoms with Gasteiger partial charge in [0.2, 0.25) is 11.8 Å². The molecular weight excluding hydrogens is 309 g/mol.